The Morgan fingerprint density at radius 3 is 2.62 bits per heavy atom. The monoisotopic (exact) mass is 311 g/mol. The van der Waals surface area contributed by atoms with Gasteiger partial charge in [-0.2, -0.15) is 13.2 Å². The van der Waals surface area contributed by atoms with Gasteiger partial charge in [-0.3, -0.25) is 0 Å². The van der Waals surface area contributed by atoms with Crippen molar-refractivity contribution in [2.45, 2.75) is 6.18 Å². The van der Waals surface area contributed by atoms with Gasteiger partial charge in [-0.1, -0.05) is 15.9 Å². The van der Waals surface area contributed by atoms with Crippen molar-refractivity contribution in [2.24, 2.45) is 0 Å². The molecule has 0 amide bonds. The van der Waals surface area contributed by atoms with E-state index in [1.165, 1.54) is 12.1 Å². The molecule has 1 nitrogen and oxygen atoms in total. The molecule has 0 aliphatic carbocycles. The van der Waals surface area contributed by atoms with Gasteiger partial charge < -0.3 is 4.90 Å². The lowest BCUT2D eigenvalue weighted by Crippen LogP contribution is -2.22. The van der Waals surface area contributed by atoms with Crippen LogP contribution in [-0.4, -0.2) is 18.2 Å². The molecule has 1 saturated heterocycles. The molecule has 1 aromatic carbocycles. The molecular formula is C10H9BrF3NS. The number of halogens is 4. The number of alkyl halides is 3. The Labute approximate surface area is 104 Å². The van der Waals surface area contributed by atoms with E-state index >= 15 is 0 Å². The number of hydrogen-bond acceptors (Lipinski definition) is 2. The van der Waals surface area contributed by atoms with Crippen molar-refractivity contribution in [1.29, 1.82) is 0 Å². The van der Waals surface area contributed by atoms with Gasteiger partial charge in [-0.25, -0.2) is 0 Å². The molecule has 0 unspecified atom stereocenters. The molecule has 1 fully saturated rings. The van der Waals surface area contributed by atoms with E-state index in [1.807, 2.05) is 0 Å². The van der Waals surface area contributed by atoms with Crippen LogP contribution in [0.1, 0.15) is 5.56 Å². The highest BCUT2D eigenvalue weighted by molar-refractivity contribution is 9.10. The Balaban J connectivity index is 2.43. The quantitative estimate of drug-likeness (QED) is 0.772. The van der Waals surface area contributed by atoms with E-state index in [2.05, 4.69) is 15.9 Å². The number of benzene rings is 1. The van der Waals surface area contributed by atoms with E-state index in [0.717, 1.165) is 11.8 Å². The molecule has 0 bridgehead atoms. The van der Waals surface area contributed by atoms with Crippen LogP contribution < -0.4 is 4.90 Å². The highest BCUT2D eigenvalue weighted by Crippen LogP contribution is 2.39. The van der Waals surface area contributed by atoms with Crippen molar-refractivity contribution in [2.75, 3.05) is 23.1 Å². The van der Waals surface area contributed by atoms with Crippen molar-refractivity contribution in [3.05, 3.63) is 28.2 Å². The molecule has 1 aliphatic heterocycles. The smallest absolute Gasteiger partial charge is 0.361 e. The number of hydrogen-bond donors (Lipinski definition) is 0. The lowest BCUT2D eigenvalue weighted by atomic mass is 10.1. The lowest BCUT2D eigenvalue weighted by molar-refractivity contribution is -0.137. The molecule has 0 saturated carbocycles. The molecule has 2 rings (SSSR count). The van der Waals surface area contributed by atoms with Gasteiger partial charge in [0, 0.05) is 16.8 Å². The third-order valence-corrected chi connectivity index (χ3v) is 3.82. The molecule has 0 radical (unpaired) electrons. The zero-order chi connectivity index (χ0) is 11.8. The van der Waals surface area contributed by atoms with Crippen LogP contribution in [0, 0.1) is 0 Å². The van der Waals surface area contributed by atoms with E-state index < -0.39 is 11.7 Å². The minimum atomic E-state index is -4.29. The van der Waals surface area contributed by atoms with Crippen molar-refractivity contribution in [3.8, 4) is 0 Å². The highest BCUT2D eigenvalue weighted by Gasteiger charge is 2.35. The summed E-state index contributed by atoms with van der Waals surface area (Å²) in [6, 6.07) is 4.09. The molecule has 0 aromatic heterocycles. The molecule has 0 spiro atoms. The second kappa shape index (κ2) is 4.49. The molecule has 1 aromatic rings. The van der Waals surface area contributed by atoms with Crippen LogP contribution in [0.2, 0.25) is 0 Å². The summed E-state index contributed by atoms with van der Waals surface area (Å²) in [7, 11) is 0. The van der Waals surface area contributed by atoms with Crippen LogP contribution in [0.15, 0.2) is 22.7 Å². The largest absolute Gasteiger partial charge is 0.418 e. The standard InChI is InChI=1S/C10H9BrF3NS/c11-7-1-2-8(10(12,13)14)9(5-7)15-3-4-16-6-15/h1-2,5H,3-4,6H2. The maximum Gasteiger partial charge on any atom is 0.418 e. The molecule has 0 atom stereocenters. The average molecular weight is 312 g/mol. The van der Waals surface area contributed by atoms with Gasteiger partial charge in [-0.05, 0) is 18.2 Å². The van der Waals surface area contributed by atoms with E-state index in [9.17, 15) is 13.2 Å². The van der Waals surface area contributed by atoms with Crippen molar-refractivity contribution in [3.63, 3.8) is 0 Å². The minimum Gasteiger partial charge on any atom is -0.361 e. The first-order valence-electron chi connectivity index (χ1n) is 4.68. The van der Waals surface area contributed by atoms with Crippen LogP contribution in [0.3, 0.4) is 0 Å². The average Bonchev–Trinajstić information content (AvgIpc) is 2.68. The molecule has 16 heavy (non-hydrogen) atoms. The molecular weight excluding hydrogens is 303 g/mol. The maximum atomic E-state index is 12.8. The zero-order valence-corrected chi connectivity index (χ0v) is 10.6. The van der Waals surface area contributed by atoms with Gasteiger partial charge in [0.25, 0.3) is 0 Å². The molecule has 6 heteroatoms. The summed E-state index contributed by atoms with van der Waals surface area (Å²) in [5, 5.41) is 0. The summed E-state index contributed by atoms with van der Waals surface area (Å²) in [6.07, 6.45) is -4.29. The molecule has 1 heterocycles. The van der Waals surface area contributed by atoms with Gasteiger partial charge in [0.05, 0.1) is 17.1 Å². The number of anilines is 1. The summed E-state index contributed by atoms with van der Waals surface area (Å²) in [4.78, 5) is 1.76. The van der Waals surface area contributed by atoms with E-state index in [1.54, 1.807) is 16.7 Å². The lowest BCUT2D eigenvalue weighted by Gasteiger charge is -2.22. The summed E-state index contributed by atoms with van der Waals surface area (Å²) < 4.78 is 39.0. The van der Waals surface area contributed by atoms with Crippen LogP contribution in [0.5, 0.6) is 0 Å². The normalized spacial score (nSPS) is 16.9. The van der Waals surface area contributed by atoms with Crippen molar-refractivity contribution >= 4 is 33.4 Å². The first-order valence-corrected chi connectivity index (χ1v) is 6.63. The first kappa shape index (κ1) is 12.1. The Hall–Kier alpha value is -0.360. The van der Waals surface area contributed by atoms with Crippen LogP contribution in [-0.2, 0) is 6.18 Å². The third-order valence-electron chi connectivity index (χ3n) is 2.36. The maximum absolute atomic E-state index is 12.8. The molecule has 88 valence electrons. The van der Waals surface area contributed by atoms with Crippen molar-refractivity contribution in [1.82, 2.24) is 0 Å². The van der Waals surface area contributed by atoms with Gasteiger partial charge in [0.1, 0.15) is 0 Å². The zero-order valence-electron chi connectivity index (χ0n) is 8.22. The summed E-state index contributed by atoms with van der Waals surface area (Å²) >= 11 is 4.85. The van der Waals surface area contributed by atoms with Gasteiger partial charge in [0.15, 0.2) is 0 Å². The summed E-state index contributed by atoms with van der Waals surface area (Å²) in [5.41, 5.74) is -0.287. The fraction of sp³-hybridized carbons (Fsp3) is 0.400. The Morgan fingerprint density at radius 1 is 1.31 bits per heavy atom. The van der Waals surface area contributed by atoms with Crippen molar-refractivity contribution < 1.29 is 13.2 Å². The number of rotatable bonds is 1. The van der Waals surface area contributed by atoms with E-state index in [4.69, 9.17) is 0 Å². The number of nitrogens with zero attached hydrogens (tertiary/aromatic N) is 1. The minimum absolute atomic E-state index is 0.270. The summed E-state index contributed by atoms with van der Waals surface area (Å²) in [6.45, 7) is 0.671. The van der Waals surface area contributed by atoms with Crippen LogP contribution in [0.25, 0.3) is 0 Å². The van der Waals surface area contributed by atoms with Gasteiger partial charge >= 0.3 is 6.18 Å². The fourth-order valence-electron chi connectivity index (χ4n) is 1.61. The van der Waals surface area contributed by atoms with Crippen LogP contribution in [0.4, 0.5) is 18.9 Å². The predicted molar refractivity (Wildman–Crippen MR) is 63.8 cm³/mol. The molecule has 0 N–H and O–H groups in total. The Bertz CT molecular complexity index is 388. The fourth-order valence-corrected chi connectivity index (χ4v) is 2.93. The van der Waals surface area contributed by atoms with Gasteiger partial charge in [0.2, 0.25) is 0 Å². The van der Waals surface area contributed by atoms with Gasteiger partial charge in [-0.15, -0.1) is 11.8 Å². The predicted octanol–water partition coefficient (Wildman–Crippen LogP) is 3.98. The SMILES string of the molecule is FC(F)(F)c1ccc(Br)cc1N1CCSC1. The second-order valence-electron chi connectivity index (χ2n) is 3.46. The second-order valence-corrected chi connectivity index (χ2v) is 5.45. The topological polar surface area (TPSA) is 3.24 Å². The third kappa shape index (κ3) is 2.48. The van der Waals surface area contributed by atoms with E-state index in [-0.39, 0.29) is 5.69 Å². The first-order chi connectivity index (χ1) is 7.48. The summed E-state index contributed by atoms with van der Waals surface area (Å²) in [5.74, 6) is 1.50. The Kier molecular flexibility index (Phi) is 3.39. The van der Waals surface area contributed by atoms with E-state index in [0.29, 0.717) is 16.9 Å². The van der Waals surface area contributed by atoms with Crippen LogP contribution >= 0.6 is 27.7 Å². The Morgan fingerprint density at radius 2 is 2.06 bits per heavy atom. The molecule has 1 aliphatic rings. The number of thioether (sulfide) groups is 1. The highest BCUT2D eigenvalue weighted by atomic mass is 79.9.